The summed E-state index contributed by atoms with van der Waals surface area (Å²) in [7, 11) is 0. The van der Waals surface area contributed by atoms with Crippen molar-refractivity contribution in [2.75, 3.05) is 0 Å². The van der Waals surface area contributed by atoms with E-state index in [2.05, 4.69) is 6.92 Å². The maximum Gasteiger partial charge on any atom is 0.343 e. The Balaban J connectivity index is 1.88. The van der Waals surface area contributed by atoms with Gasteiger partial charge in [-0.3, -0.25) is 14.9 Å². The lowest BCUT2D eigenvalue weighted by Crippen LogP contribution is -2.08. The van der Waals surface area contributed by atoms with Gasteiger partial charge >= 0.3 is 5.97 Å². The molecule has 6 nitrogen and oxygen atoms in total. The molecule has 0 spiro atoms. The Bertz CT molecular complexity index is 838. The molecule has 0 aliphatic rings. The highest BCUT2D eigenvalue weighted by Gasteiger charge is 2.11. The number of nitro benzene ring substituents is 1. The molecule has 0 radical (unpaired) electrons. The van der Waals surface area contributed by atoms with E-state index in [9.17, 15) is 19.7 Å². The minimum absolute atomic E-state index is 0.0902. The molecule has 2 rings (SSSR count). The van der Waals surface area contributed by atoms with Crippen molar-refractivity contribution in [3.05, 3.63) is 75.8 Å². The summed E-state index contributed by atoms with van der Waals surface area (Å²) in [5, 5.41) is 10.6. The van der Waals surface area contributed by atoms with Gasteiger partial charge in [-0.15, -0.1) is 0 Å². The van der Waals surface area contributed by atoms with Crippen LogP contribution in [-0.4, -0.2) is 16.7 Å². The van der Waals surface area contributed by atoms with Crippen LogP contribution in [-0.2, 0) is 4.79 Å². The summed E-state index contributed by atoms with van der Waals surface area (Å²) in [5.74, 6) is -0.142. The number of ether oxygens (including phenoxy) is 1. The number of esters is 1. The minimum Gasteiger partial charge on any atom is -0.423 e. The summed E-state index contributed by atoms with van der Waals surface area (Å²) in [5.41, 5.74) is 0.966. The number of non-ortho nitro benzene ring substituents is 1. The maximum absolute atomic E-state index is 12.1. The number of hydrogen-bond donors (Lipinski definition) is 0. The van der Waals surface area contributed by atoms with Crippen molar-refractivity contribution in [2.45, 2.75) is 39.0 Å². The van der Waals surface area contributed by atoms with Gasteiger partial charge < -0.3 is 4.74 Å². The van der Waals surface area contributed by atoms with E-state index in [1.807, 2.05) is 0 Å². The lowest BCUT2D eigenvalue weighted by Gasteiger charge is -2.04. The van der Waals surface area contributed by atoms with Crippen molar-refractivity contribution in [3.63, 3.8) is 0 Å². The molecule has 0 aliphatic heterocycles. The second kappa shape index (κ2) is 10.8. The van der Waals surface area contributed by atoms with Gasteiger partial charge in [0.2, 0.25) is 0 Å². The van der Waals surface area contributed by atoms with Crippen molar-refractivity contribution in [1.82, 2.24) is 0 Å². The average molecular weight is 381 g/mol. The summed E-state index contributed by atoms with van der Waals surface area (Å²) in [6, 6.07) is 12.0. The fourth-order valence-corrected chi connectivity index (χ4v) is 2.53. The van der Waals surface area contributed by atoms with E-state index in [4.69, 9.17) is 4.74 Å². The highest BCUT2D eigenvalue weighted by molar-refractivity contribution is 5.93. The second-order valence-corrected chi connectivity index (χ2v) is 6.37. The molecular formula is C22H23NO5. The Morgan fingerprint density at radius 2 is 1.68 bits per heavy atom. The number of ketones is 1. The largest absolute Gasteiger partial charge is 0.423 e. The molecule has 0 fully saturated rings. The van der Waals surface area contributed by atoms with Gasteiger partial charge in [-0.1, -0.05) is 44.4 Å². The molecule has 0 unspecified atom stereocenters. The van der Waals surface area contributed by atoms with Crippen LogP contribution in [0.2, 0.25) is 0 Å². The Morgan fingerprint density at radius 1 is 1.00 bits per heavy atom. The minimum atomic E-state index is -0.597. The molecule has 0 N–H and O–H groups in total. The van der Waals surface area contributed by atoms with E-state index in [0.717, 1.165) is 31.2 Å². The zero-order valence-corrected chi connectivity index (χ0v) is 15.8. The van der Waals surface area contributed by atoms with E-state index >= 15 is 0 Å². The van der Waals surface area contributed by atoms with Gasteiger partial charge in [0, 0.05) is 18.6 Å². The van der Waals surface area contributed by atoms with Gasteiger partial charge in [0.25, 0.3) is 5.69 Å². The predicted octanol–water partition coefficient (Wildman–Crippen LogP) is 5.37. The summed E-state index contributed by atoms with van der Waals surface area (Å²) in [6.07, 6.45) is 8.15. The van der Waals surface area contributed by atoms with Crippen LogP contribution < -0.4 is 4.74 Å². The van der Waals surface area contributed by atoms with E-state index < -0.39 is 10.9 Å². The average Bonchev–Trinajstić information content (AvgIpc) is 2.70. The molecular weight excluding hydrogens is 358 g/mol. The molecule has 0 aromatic heterocycles. The van der Waals surface area contributed by atoms with Crippen molar-refractivity contribution < 1.29 is 19.2 Å². The molecule has 6 heteroatoms. The van der Waals surface area contributed by atoms with E-state index in [-0.39, 0.29) is 17.0 Å². The fourth-order valence-electron chi connectivity index (χ4n) is 2.53. The third-order valence-electron chi connectivity index (χ3n) is 4.14. The summed E-state index contributed by atoms with van der Waals surface area (Å²) < 4.78 is 5.26. The normalized spacial score (nSPS) is 10.8. The van der Waals surface area contributed by atoms with Crippen LogP contribution in [0.1, 0.15) is 54.9 Å². The molecule has 28 heavy (non-hydrogen) atoms. The number of nitro groups is 1. The molecule has 0 bridgehead atoms. The van der Waals surface area contributed by atoms with Crippen LogP contribution in [0.15, 0.2) is 54.6 Å². The predicted molar refractivity (Wildman–Crippen MR) is 107 cm³/mol. The second-order valence-electron chi connectivity index (χ2n) is 6.37. The quantitative estimate of drug-likeness (QED) is 0.138. The monoisotopic (exact) mass is 381 g/mol. The highest BCUT2D eigenvalue weighted by atomic mass is 16.6. The number of carbonyl (C=O) groups excluding carboxylic acids is 2. The zero-order valence-electron chi connectivity index (χ0n) is 15.8. The van der Waals surface area contributed by atoms with Gasteiger partial charge in [-0.05, 0) is 42.3 Å². The van der Waals surface area contributed by atoms with Crippen molar-refractivity contribution in [2.24, 2.45) is 0 Å². The first-order valence-electron chi connectivity index (χ1n) is 9.27. The van der Waals surface area contributed by atoms with Crippen LogP contribution in [0.5, 0.6) is 5.75 Å². The topological polar surface area (TPSA) is 86.5 Å². The van der Waals surface area contributed by atoms with E-state index in [1.165, 1.54) is 24.3 Å². The van der Waals surface area contributed by atoms with Crippen LogP contribution in [0.3, 0.4) is 0 Å². The Morgan fingerprint density at radius 3 is 2.29 bits per heavy atom. The molecule has 146 valence electrons. The molecule has 0 amide bonds. The summed E-state index contributed by atoms with van der Waals surface area (Å²) in [4.78, 5) is 34.0. The number of rotatable bonds is 10. The maximum atomic E-state index is 12.1. The number of nitrogens with zero attached hydrogens (tertiary/aromatic N) is 1. The number of carbonyl (C=O) groups is 2. The zero-order chi connectivity index (χ0) is 20.4. The number of benzene rings is 2. The SMILES string of the molecule is CCCCCCC(=O)/C=C/c1ccc(OC(=O)c2ccc([N+](=O)[O-])cc2)cc1. The highest BCUT2D eigenvalue weighted by Crippen LogP contribution is 2.17. The molecule has 2 aromatic rings. The van der Waals surface area contributed by atoms with Crippen LogP contribution in [0, 0.1) is 10.1 Å². The third-order valence-corrected chi connectivity index (χ3v) is 4.14. The van der Waals surface area contributed by atoms with Crippen molar-refractivity contribution in [3.8, 4) is 5.75 Å². The summed E-state index contributed by atoms with van der Waals surface area (Å²) >= 11 is 0. The van der Waals surface area contributed by atoms with Crippen molar-refractivity contribution in [1.29, 1.82) is 0 Å². The fraction of sp³-hybridized carbons (Fsp3) is 0.273. The standard InChI is InChI=1S/C22H23NO5/c1-2-3-4-5-6-20(24)14-7-17-8-15-21(16-9-17)28-22(25)18-10-12-19(13-11-18)23(26)27/h7-16H,2-6H2,1H3/b14-7+. The molecule has 0 heterocycles. The van der Waals surface area contributed by atoms with Crippen LogP contribution in [0.25, 0.3) is 6.08 Å². The van der Waals surface area contributed by atoms with E-state index in [1.54, 1.807) is 36.4 Å². The Kier molecular flexibility index (Phi) is 8.09. The third kappa shape index (κ3) is 6.79. The van der Waals surface area contributed by atoms with Gasteiger partial charge in [-0.25, -0.2) is 4.79 Å². The first-order valence-corrected chi connectivity index (χ1v) is 9.27. The lowest BCUT2D eigenvalue weighted by molar-refractivity contribution is -0.384. The first-order chi connectivity index (χ1) is 13.5. The van der Waals surface area contributed by atoms with Crippen LogP contribution >= 0.6 is 0 Å². The van der Waals surface area contributed by atoms with Crippen molar-refractivity contribution >= 4 is 23.5 Å². The molecule has 0 aliphatic carbocycles. The molecule has 2 aromatic carbocycles. The number of hydrogen-bond acceptors (Lipinski definition) is 5. The van der Waals surface area contributed by atoms with Gasteiger partial charge in [0.15, 0.2) is 5.78 Å². The Labute approximate surface area is 164 Å². The lowest BCUT2D eigenvalue weighted by atomic mass is 10.1. The first kappa shape index (κ1) is 21.0. The van der Waals surface area contributed by atoms with Gasteiger partial charge in [-0.2, -0.15) is 0 Å². The van der Waals surface area contributed by atoms with E-state index in [0.29, 0.717) is 12.2 Å². The van der Waals surface area contributed by atoms with Gasteiger partial charge in [0.05, 0.1) is 10.5 Å². The molecule has 0 saturated heterocycles. The summed E-state index contributed by atoms with van der Waals surface area (Å²) in [6.45, 7) is 2.13. The number of allylic oxidation sites excluding steroid dienone is 1. The molecule has 0 saturated carbocycles. The molecule has 0 atom stereocenters. The smallest absolute Gasteiger partial charge is 0.343 e. The van der Waals surface area contributed by atoms with Gasteiger partial charge in [0.1, 0.15) is 5.75 Å². The Hall–Kier alpha value is -3.28. The number of unbranched alkanes of at least 4 members (excludes halogenated alkanes) is 3. The van der Waals surface area contributed by atoms with Crippen LogP contribution in [0.4, 0.5) is 5.69 Å².